The van der Waals surface area contributed by atoms with Crippen LogP contribution in [0.1, 0.15) is 5.56 Å². The highest BCUT2D eigenvalue weighted by Crippen LogP contribution is 2.27. The SMILES string of the molecule is COc1ccc(Cl)cc1CS(=O)(=O)c1ccc(N)c(F)c1. The van der Waals surface area contributed by atoms with Crippen molar-refractivity contribution in [3.05, 3.63) is 52.8 Å². The molecular weight excluding hydrogens is 317 g/mol. The third kappa shape index (κ3) is 3.46. The zero-order valence-corrected chi connectivity index (χ0v) is 12.7. The summed E-state index contributed by atoms with van der Waals surface area (Å²) in [7, 11) is -2.30. The van der Waals surface area contributed by atoms with Crippen LogP contribution >= 0.6 is 11.6 Å². The molecule has 0 bridgehead atoms. The molecule has 0 heterocycles. The Kier molecular flexibility index (Phi) is 4.39. The van der Waals surface area contributed by atoms with Crippen molar-refractivity contribution >= 4 is 27.1 Å². The van der Waals surface area contributed by atoms with Gasteiger partial charge >= 0.3 is 0 Å². The molecule has 0 radical (unpaired) electrons. The van der Waals surface area contributed by atoms with E-state index in [2.05, 4.69) is 0 Å². The first-order chi connectivity index (χ1) is 9.83. The molecule has 0 aliphatic rings. The number of anilines is 1. The van der Waals surface area contributed by atoms with Gasteiger partial charge in [0.1, 0.15) is 11.6 Å². The van der Waals surface area contributed by atoms with Gasteiger partial charge in [0.2, 0.25) is 0 Å². The molecule has 0 atom stereocenters. The van der Waals surface area contributed by atoms with Crippen LogP contribution in [0.2, 0.25) is 5.02 Å². The Morgan fingerprint density at radius 2 is 1.95 bits per heavy atom. The number of nitrogens with two attached hydrogens (primary N) is 1. The van der Waals surface area contributed by atoms with Gasteiger partial charge in [0.25, 0.3) is 0 Å². The minimum atomic E-state index is -3.74. The van der Waals surface area contributed by atoms with E-state index in [9.17, 15) is 12.8 Å². The molecule has 21 heavy (non-hydrogen) atoms. The van der Waals surface area contributed by atoms with Crippen LogP contribution in [0.15, 0.2) is 41.3 Å². The Balaban J connectivity index is 2.41. The number of hydrogen-bond donors (Lipinski definition) is 1. The zero-order valence-electron chi connectivity index (χ0n) is 11.1. The number of ether oxygens (including phenoxy) is 1. The molecule has 0 saturated heterocycles. The monoisotopic (exact) mass is 329 g/mol. The number of hydrogen-bond acceptors (Lipinski definition) is 4. The van der Waals surface area contributed by atoms with E-state index < -0.39 is 15.7 Å². The summed E-state index contributed by atoms with van der Waals surface area (Å²) in [6.07, 6.45) is 0. The Morgan fingerprint density at radius 1 is 1.24 bits per heavy atom. The smallest absolute Gasteiger partial charge is 0.182 e. The second kappa shape index (κ2) is 5.91. The minimum absolute atomic E-state index is 0.103. The van der Waals surface area contributed by atoms with Crippen molar-refractivity contribution in [2.45, 2.75) is 10.6 Å². The highest BCUT2D eigenvalue weighted by Gasteiger charge is 2.19. The van der Waals surface area contributed by atoms with Crippen molar-refractivity contribution in [3.8, 4) is 5.75 Å². The first kappa shape index (κ1) is 15.6. The van der Waals surface area contributed by atoms with Gasteiger partial charge in [-0.15, -0.1) is 0 Å². The van der Waals surface area contributed by atoms with Crippen LogP contribution in [0.5, 0.6) is 5.75 Å². The lowest BCUT2D eigenvalue weighted by molar-refractivity contribution is 0.411. The molecule has 0 amide bonds. The molecule has 2 aromatic carbocycles. The summed E-state index contributed by atoms with van der Waals surface area (Å²) in [6, 6.07) is 8.08. The van der Waals surface area contributed by atoms with E-state index >= 15 is 0 Å². The summed E-state index contributed by atoms with van der Waals surface area (Å²) in [6.45, 7) is 0. The lowest BCUT2D eigenvalue weighted by Crippen LogP contribution is -2.07. The molecule has 0 spiro atoms. The summed E-state index contributed by atoms with van der Waals surface area (Å²) >= 11 is 5.87. The first-order valence-electron chi connectivity index (χ1n) is 5.93. The number of sulfone groups is 1. The molecule has 4 nitrogen and oxygen atoms in total. The average Bonchev–Trinajstić information content (AvgIpc) is 2.41. The third-order valence-corrected chi connectivity index (χ3v) is 4.82. The van der Waals surface area contributed by atoms with Gasteiger partial charge in [-0.3, -0.25) is 0 Å². The second-order valence-electron chi connectivity index (χ2n) is 4.40. The maximum atomic E-state index is 13.4. The molecule has 0 aromatic heterocycles. The summed E-state index contributed by atoms with van der Waals surface area (Å²) in [5, 5.41) is 0.393. The van der Waals surface area contributed by atoms with E-state index in [1.165, 1.54) is 25.3 Å². The van der Waals surface area contributed by atoms with E-state index in [-0.39, 0.29) is 16.3 Å². The average molecular weight is 330 g/mol. The van der Waals surface area contributed by atoms with Crippen molar-refractivity contribution in [1.82, 2.24) is 0 Å². The van der Waals surface area contributed by atoms with Crippen molar-refractivity contribution < 1.29 is 17.5 Å². The summed E-state index contributed by atoms with van der Waals surface area (Å²) in [5.74, 6) is -0.715. The predicted octanol–water partition coefficient (Wildman–Crippen LogP) is 3.04. The summed E-state index contributed by atoms with van der Waals surface area (Å²) in [4.78, 5) is -0.142. The lowest BCUT2D eigenvalue weighted by atomic mass is 10.2. The van der Waals surface area contributed by atoms with Crippen molar-refractivity contribution in [2.24, 2.45) is 0 Å². The first-order valence-corrected chi connectivity index (χ1v) is 7.96. The fourth-order valence-electron chi connectivity index (χ4n) is 1.85. The van der Waals surface area contributed by atoms with Crippen LogP contribution in [0, 0.1) is 5.82 Å². The second-order valence-corrected chi connectivity index (χ2v) is 6.82. The van der Waals surface area contributed by atoms with E-state index in [0.717, 1.165) is 6.07 Å². The topological polar surface area (TPSA) is 69.4 Å². The predicted molar refractivity (Wildman–Crippen MR) is 79.7 cm³/mol. The molecule has 0 fully saturated rings. The van der Waals surface area contributed by atoms with Crippen LogP contribution in [0.25, 0.3) is 0 Å². The molecule has 2 aromatic rings. The van der Waals surface area contributed by atoms with E-state index in [1.807, 2.05) is 0 Å². The van der Waals surface area contributed by atoms with Gasteiger partial charge < -0.3 is 10.5 Å². The van der Waals surface area contributed by atoms with Crippen LogP contribution in [-0.2, 0) is 15.6 Å². The number of methoxy groups -OCH3 is 1. The molecule has 7 heteroatoms. The van der Waals surface area contributed by atoms with Crippen LogP contribution in [0.4, 0.5) is 10.1 Å². The quantitative estimate of drug-likeness (QED) is 0.875. The van der Waals surface area contributed by atoms with Gasteiger partial charge in [-0.1, -0.05) is 11.6 Å². The third-order valence-electron chi connectivity index (χ3n) is 2.92. The van der Waals surface area contributed by atoms with Gasteiger partial charge in [-0.25, -0.2) is 12.8 Å². The van der Waals surface area contributed by atoms with Crippen molar-refractivity contribution in [1.29, 1.82) is 0 Å². The molecule has 112 valence electrons. The van der Waals surface area contributed by atoms with Gasteiger partial charge in [0.05, 0.1) is 23.4 Å². The lowest BCUT2D eigenvalue weighted by Gasteiger charge is -2.10. The Morgan fingerprint density at radius 3 is 2.57 bits per heavy atom. The Hall–Kier alpha value is -1.79. The summed E-state index contributed by atoms with van der Waals surface area (Å²) in [5.41, 5.74) is 5.65. The van der Waals surface area contributed by atoms with E-state index in [4.69, 9.17) is 22.1 Å². The van der Waals surface area contributed by atoms with Crippen molar-refractivity contribution in [3.63, 3.8) is 0 Å². The number of nitrogen functional groups attached to an aromatic ring is 1. The number of rotatable bonds is 4. The van der Waals surface area contributed by atoms with Gasteiger partial charge in [0.15, 0.2) is 9.84 Å². The molecule has 0 aliphatic heterocycles. The molecule has 2 rings (SSSR count). The number of benzene rings is 2. The maximum Gasteiger partial charge on any atom is 0.182 e. The van der Waals surface area contributed by atoms with Crippen LogP contribution < -0.4 is 10.5 Å². The van der Waals surface area contributed by atoms with E-state index in [0.29, 0.717) is 16.3 Å². The molecule has 2 N–H and O–H groups in total. The highest BCUT2D eigenvalue weighted by atomic mass is 35.5. The zero-order chi connectivity index (χ0) is 15.6. The van der Waals surface area contributed by atoms with Gasteiger partial charge in [0, 0.05) is 10.6 Å². The normalized spacial score (nSPS) is 11.4. The fraction of sp³-hybridized carbons (Fsp3) is 0.143. The Bertz CT molecular complexity index is 778. The fourth-order valence-corrected chi connectivity index (χ4v) is 3.40. The molecule has 0 saturated carbocycles. The summed E-state index contributed by atoms with van der Waals surface area (Å²) < 4.78 is 43.2. The van der Waals surface area contributed by atoms with Gasteiger partial charge in [-0.2, -0.15) is 0 Å². The largest absolute Gasteiger partial charge is 0.496 e. The molecule has 0 unspecified atom stereocenters. The van der Waals surface area contributed by atoms with Crippen LogP contribution in [0.3, 0.4) is 0 Å². The van der Waals surface area contributed by atoms with Crippen LogP contribution in [-0.4, -0.2) is 15.5 Å². The standard InChI is InChI=1S/C14H13ClFNO3S/c1-20-14-5-2-10(15)6-9(14)8-21(18,19)11-3-4-13(17)12(16)7-11/h2-7H,8,17H2,1H3. The molecule has 0 aliphatic carbocycles. The maximum absolute atomic E-state index is 13.4. The molecular formula is C14H13ClFNO3S. The highest BCUT2D eigenvalue weighted by molar-refractivity contribution is 7.90. The van der Waals surface area contributed by atoms with Gasteiger partial charge in [-0.05, 0) is 36.4 Å². The Labute approximate surface area is 127 Å². The van der Waals surface area contributed by atoms with Crippen molar-refractivity contribution in [2.75, 3.05) is 12.8 Å². The minimum Gasteiger partial charge on any atom is -0.496 e. The number of halogens is 2. The van der Waals surface area contributed by atoms with E-state index in [1.54, 1.807) is 12.1 Å².